The van der Waals surface area contributed by atoms with Gasteiger partial charge in [0.05, 0.1) is 18.1 Å². The third kappa shape index (κ3) is 3.50. The molecule has 5 nitrogen and oxygen atoms in total. The van der Waals surface area contributed by atoms with Gasteiger partial charge in [0, 0.05) is 12.1 Å². The Morgan fingerprint density at radius 2 is 1.92 bits per heavy atom. The molecule has 0 bridgehead atoms. The topological polar surface area (TPSA) is 75.6 Å². The number of rotatable bonds is 7. The summed E-state index contributed by atoms with van der Waals surface area (Å²) >= 11 is 0. The number of carboxylic acid groups (broad SMARTS) is 1. The second-order valence-corrected chi connectivity index (χ2v) is 6.29. The molecule has 0 spiro atoms. The fraction of sp³-hybridized carbons (Fsp3) is 0.300. The summed E-state index contributed by atoms with van der Waals surface area (Å²) in [5, 5.41) is 12.0. The lowest BCUT2D eigenvalue weighted by Gasteiger charge is -2.18. The van der Waals surface area contributed by atoms with Crippen LogP contribution in [0.3, 0.4) is 0 Å². The van der Waals surface area contributed by atoms with E-state index in [1.807, 2.05) is 30.3 Å². The van der Waals surface area contributed by atoms with Crippen molar-refractivity contribution in [3.8, 4) is 5.75 Å². The summed E-state index contributed by atoms with van der Waals surface area (Å²) in [5.41, 5.74) is 1.59. The van der Waals surface area contributed by atoms with Gasteiger partial charge in [-0.1, -0.05) is 30.3 Å². The summed E-state index contributed by atoms with van der Waals surface area (Å²) in [6.07, 6.45) is 2.22. The van der Waals surface area contributed by atoms with E-state index < -0.39 is 11.4 Å². The normalized spacial score (nSPS) is 14.6. The SMILES string of the molecule is COc1ccccc1C1(C(=O)NCCc2cccc(C(=O)O)c2)CC1. The number of aromatic carboxylic acids is 1. The summed E-state index contributed by atoms with van der Waals surface area (Å²) in [5.74, 6) is -0.199. The van der Waals surface area contributed by atoms with E-state index >= 15 is 0 Å². The number of methoxy groups -OCH3 is 1. The summed E-state index contributed by atoms with van der Waals surface area (Å²) < 4.78 is 5.40. The molecule has 0 heterocycles. The van der Waals surface area contributed by atoms with Gasteiger partial charge in [-0.3, -0.25) is 4.79 Å². The molecule has 3 rings (SSSR count). The minimum Gasteiger partial charge on any atom is -0.496 e. The third-order valence-corrected chi connectivity index (χ3v) is 4.68. The van der Waals surface area contributed by atoms with Gasteiger partial charge in [-0.15, -0.1) is 0 Å². The van der Waals surface area contributed by atoms with Crippen LogP contribution in [0.25, 0.3) is 0 Å². The first-order valence-electron chi connectivity index (χ1n) is 8.31. The van der Waals surface area contributed by atoms with Crippen LogP contribution in [0.5, 0.6) is 5.75 Å². The van der Waals surface area contributed by atoms with Gasteiger partial charge >= 0.3 is 5.97 Å². The zero-order valence-corrected chi connectivity index (χ0v) is 14.1. The van der Waals surface area contributed by atoms with Crippen LogP contribution in [0, 0.1) is 0 Å². The molecule has 0 atom stereocenters. The molecular formula is C20H21NO4. The number of ether oxygens (including phenoxy) is 1. The largest absolute Gasteiger partial charge is 0.496 e. The predicted molar refractivity (Wildman–Crippen MR) is 94.0 cm³/mol. The van der Waals surface area contributed by atoms with Gasteiger partial charge in [-0.25, -0.2) is 4.79 Å². The molecule has 2 aromatic rings. The molecule has 25 heavy (non-hydrogen) atoms. The standard InChI is InChI=1S/C20H21NO4/c1-25-17-8-3-2-7-16(17)20(10-11-20)19(24)21-12-9-14-5-4-6-15(13-14)18(22)23/h2-8,13H,9-12H2,1H3,(H,21,24)(H,22,23). The number of carboxylic acids is 1. The van der Waals surface area contributed by atoms with Crippen molar-refractivity contribution in [2.75, 3.05) is 13.7 Å². The zero-order chi connectivity index (χ0) is 17.9. The summed E-state index contributed by atoms with van der Waals surface area (Å²) in [6, 6.07) is 14.4. The van der Waals surface area contributed by atoms with Crippen LogP contribution in [-0.2, 0) is 16.6 Å². The molecule has 1 aliphatic carbocycles. The Morgan fingerprint density at radius 3 is 2.60 bits per heavy atom. The van der Waals surface area contributed by atoms with E-state index in [0.29, 0.717) is 13.0 Å². The molecule has 5 heteroatoms. The number of carbonyl (C=O) groups is 2. The van der Waals surface area contributed by atoms with Gasteiger partial charge < -0.3 is 15.2 Å². The van der Waals surface area contributed by atoms with E-state index in [2.05, 4.69) is 5.32 Å². The second-order valence-electron chi connectivity index (χ2n) is 6.29. The van der Waals surface area contributed by atoms with Crippen LogP contribution in [0.4, 0.5) is 0 Å². The van der Waals surface area contributed by atoms with Crippen LogP contribution in [0.2, 0.25) is 0 Å². The molecule has 1 fully saturated rings. The first-order valence-corrected chi connectivity index (χ1v) is 8.31. The van der Waals surface area contributed by atoms with Gasteiger partial charge in [0.25, 0.3) is 0 Å². The average Bonchev–Trinajstić information content (AvgIpc) is 3.43. The Labute approximate surface area is 146 Å². The molecule has 1 saturated carbocycles. The Bertz CT molecular complexity index is 796. The van der Waals surface area contributed by atoms with Crippen LogP contribution in [-0.4, -0.2) is 30.6 Å². The number of hydrogen-bond acceptors (Lipinski definition) is 3. The van der Waals surface area contributed by atoms with Crippen LogP contribution >= 0.6 is 0 Å². The van der Waals surface area contributed by atoms with Gasteiger partial charge in [0.15, 0.2) is 0 Å². The fourth-order valence-corrected chi connectivity index (χ4v) is 3.13. The van der Waals surface area contributed by atoms with E-state index in [0.717, 1.165) is 29.7 Å². The maximum Gasteiger partial charge on any atom is 0.335 e. The molecule has 0 saturated heterocycles. The van der Waals surface area contributed by atoms with Crippen LogP contribution in [0.15, 0.2) is 48.5 Å². The number of carbonyl (C=O) groups excluding carboxylic acids is 1. The second kappa shape index (κ2) is 6.97. The lowest BCUT2D eigenvalue weighted by atomic mass is 9.94. The molecule has 0 aliphatic heterocycles. The highest BCUT2D eigenvalue weighted by atomic mass is 16.5. The van der Waals surface area contributed by atoms with E-state index in [-0.39, 0.29) is 11.5 Å². The number of nitrogens with one attached hydrogen (secondary N) is 1. The van der Waals surface area contributed by atoms with Gasteiger partial charge in [-0.05, 0) is 43.0 Å². The Hall–Kier alpha value is -2.82. The Morgan fingerprint density at radius 1 is 1.16 bits per heavy atom. The van der Waals surface area contributed by atoms with Crippen molar-refractivity contribution < 1.29 is 19.4 Å². The van der Waals surface area contributed by atoms with Crippen molar-refractivity contribution in [1.82, 2.24) is 5.32 Å². The smallest absolute Gasteiger partial charge is 0.335 e. The number of benzene rings is 2. The maximum absolute atomic E-state index is 12.7. The molecule has 2 aromatic carbocycles. The Balaban J connectivity index is 1.63. The quantitative estimate of drug-likeness (QED) is 0.813. The van der Waals surface area contributed by atoms with Crippen LogP contribution in [0.1, 0.15) is 34.3 Å². The third-order valence-electron chi connectivity index (χ3n) is 4.68. The molecule has 1 aliphatic rings. The van der Waals surface area contributed by atoms with E-state index in [1.54, 1.807) is 25.3 Å². The highest BCUT2D eigenvalue weighted by Crippen LogP contribution is 2.51. The summed E-state index contributed by atoms with van der Waals surface area (Å²) in [7, 11) is 1.61. The van der Waals surface area contributed by atoms with Crippen molar-refractivity contribution in [3.63, 3.8) is 0 Å². The van der Waals surface area contributed by atoms with Crippen molar-refractivity contribution >= 4 is 11.9 Å². The molecule has 0 aromatic heterocycles. The van der Waals surface area contributed by atoms with E-state index in [1.165, 1.54) is 0 Å². The number of amides is 1. The zero-order valence-electron chi connectivity index (χ0n) is 14.1. The Kier molecular flexibility index (Phi) is 4.74. The van der Waals surface area contributed by atoms with Crippen molar-refractivity contribution in [2.45, 2.75) is 24.7 Å². The highest BCUT2D eigenvalue weighted by Gasteiger charge is 2.52. The number of hydrogen-bond donors (Lipinski definition) is 2. The maximum atomic E-state index is 12.7. The molecule has 0 radical (unpaired) electrons. The number of para-hydroxylation sites is 1. The van der Waals surface area contributed by atoms with Crippen molar-refractivity contribution in [1.29, 1.82) is 0 Å². The van der Waals surface area contributed by atoms with Crippen LogP contribution < -0.4 is 10.1 Å². The summed E-state index contributed by atoms with van der Waals surface area (Å²) in [6.45, 7) is 0.471. The van der Waals surface area contributed by atoms with Gasteiger partial charge in [0.2, 0.25) is 5.91 Å². The molecule has 1 amide bonds. The van der Waals surface area contributed by atoms with Gasteiger partial charge in [-0.2, -0.15) is 0 Å². The molecule has 0 unspecified atom stereocenters. The monoisotopic (exact) mass is 339 g/mol. The van der Waals surface area contributed by atoms with Gasteiger partial charge in [0.1, 0.15) is 5.75 Å². The molecule has 2 N–H and O–H groups in total. The first kappa shape index (κ1) is 17.0. The van der Waals surface area contributed by atoms with E-state index in [4.69, 9.17) is 9.84 Å². The summed E-state index contributed by atoms with van der Waals surface area (Å²) in [4.78, 5) is 23.7. The van der Waals surface area contributed by atoms with E-state index in [9.17, 15) is 9.59 Å². The van der Waals surface area contributed by atoms with Crippen molar-refractivity contribution in [2.24, 2.45) is 0 Å². The fourth-order valence-electron chi connectivity index (χ4n) is 3.13. The first-order chi connectivity index (χ1) is 12.1. The molecular weight excluding hydrogens is 318 g/mol. The lowest BCUT2D eigenvalue weighted by Crippen LogP contribution is -2.36. The average molecular weight is 339 g/mol. The predicted octanol–water partition coefficient (Wildman–Crippen LogP) is 2.78. The lowest BCUT2D eigenvalue weighted by molar-refractivity contribution is -0.123. The van der Waals surface area contributed by atoms with Crippen molar-refractivity contribution in [3.05, 3.63) is 65.2 Å². The highest BCUT2D eigenvalue weighted by molar-refractivity contribution is 5.92. The minimum atomic E-state index is -0.945. The minimum absolute atomic E-state index is 0.00592. The molecule has 130 valence electrons.